The molecule has 0 aliphatic carbocycles. The monoisotopic (exact) mass is 391 g/mol. The van der Waals surface area contributed by atoms with E-state index in [1.54, 1.807) is 18.2 Å². The fraction of sp³-hybridized carbons (Fsp3) is 0.0769. The maximum atomic E-state index is 10.9. The van der Waals surface area contributed by atoms with Crippen molar-refractivity contribution >= 4 is 36.4 Å². The number of ether oxygens (including phenoxy) is 1. The Kier molecular flexibility index (Phi) is 8.59. The van der Waals surface area contributed by atoms with E-state index in [0.29, 0.717) is 11.4 Å². The first-order chi connectivity index (χ1) is 10.6. The van der Waals surface area contributed by atoms with Crippen LogP contribution in [0.5, 0.6) is 5.75 Å². The molecule has 0 atom stereocenters. The fourth-order valence-corrected chi connectivity index (χ4v) is 1.47. The zero-order chi connectivity index (χ0) is 16.4. The number of nitro groups is 1. The Bertz CT molecular complexity index is 642. The van der Waals surface area contributed by atoms with E-state index in [0.717, 1.165) is 0 Å². The van der Waals surface area contributed by atoms with Crippen molar-refractivity contribution in [3.8, 4) is 5.75 Å². The number of methoxy groups -OCH3 is 1. The molecule has 2 aromatic carbocycles. The summed E-state index contributed by atoms with van der Waals surface area (Å²) >= 11 is -0.931. The Hall–Kier alpha value is -1.56. The molecule has 0 aromatic heterocycles. The molecule has 0 radical (unpaired) electrons. The Labute approximate surface area is 142 Å². The van der Waals surface area contributed by atoms with Crippen LogP contribution in [0.1, 0.15) is 0 Å². The number of rotatable bonds is 4. The summed E-state index contributed by atoms with van der Waals surface area (Å²) in [5, 5.41) is 18.8. The van der Waals surface area contributed by atoms with Crippen LogP contribution in [0, 0.1) is 10.1 Å². The molecule has 0 bridgehead atoms. The third kappa shape index (κ3) is 6.06. The van der Waals surface area contributed by atoms with Crippen molar-refractivity contribution in [2.75, 3.05) is 7.11 Å². The zero-order valence-corrected chi connectivity index (χ0v) is 16.1. The quantitative estimate of drug-likeness (QED) is 0.302. The van der Waals surface area contributed by atoms with Gasteiger partial charge < -0.3 is 4.74 Å². The van der Waals surface area contributed by atoms with Crippen molar-refractivity contribution < 1.29 is 24.8 Å². The normalized spacial score (nSPS) is 9.59. The van der Waals surface area contributed by atoms with Crippen molar-refractivity contribution in [3.05, 3.63) is 58.6 Å². The summed E-state index contributed by atoms with van der Waals surface area (Å²) in [5.74, 6) is 0.408. The van der Waals surface area contributed by atoms with E-state index in [1.165, 1.54) is 19.2 Å². The summed E-state index contributed by atoms with van der Waals surface area (Å²) in [7, 11) is 11.4. The maximum absolute atomic E-state index is 10.9. The Morgan fingerprint density at radius 1 is 1.14 bits per heavy atom. The topological polar surface area (TPSA) is 77.1 Å². The van der Waals surface area contributed by atoms with Crippen molar-refractivity contribution in [2.24, 2.45) is 10.2 Å². The van der Waals surface area contributed by atoms with Gasteiger partial charge in [0.2, 0.25) is 0 Å². The van der Waals surface area contributed by atoms with Gasteiger partial charge in [0, 0.05) is 0 Å². The molecule has 0 amide bonds. The number of hydrogen-bond donors (Lipinski definition) is 0. The van der Waals surface area contributed by atoms with E-state index in [4.69, 9.17) is 24.1 Å². The summed E-state index contributed by atoms with van der Waals surface area (Å²) in [6.07, 6.45) is 0. The van der Waals surface area contributed by atoms with Gasteiger partial charge in [0.15, 0.2) is 5.69 Å². The van der Waals surface area contributed by atoms with Crippen LogP contribution in [0.25, 0.3) is 0 Å². The van der Waals surface area contributed by atoms with Gasteiger partial charge in [0.1, 0.15) is 5.75 Å². The predicted molar refractivity (Wildman–Crippen MR) is 82.0 cm³/mol. The van der Waals surface area contributed by atoms with Gasteiger partial charge in [-0.3, -0.25) is 10.1 Å². The van der Waals surface area contributed by atoms with E-state index in [1.807, 2.05) is 18.2 Å². The molecular weight excluding hydrogens is 382 g/mol. The van der Waals surface area contributed by atoms with Crippen molar-refractivity contribution in [2.45, 2.75) is 0 Å². The van der Waals surface area contributed by atoms with E-state index >= 15 is 0 Å². The van der Waals surface area contributed by atoms with E-state index < -0.39 is 20.1 Å². The second-order valence-electron chi connectivity index (χ2n) is 3.75. The summed E-state index contributed by atoms with van der Waals surface area (Å²) < 4.78 is 4.95. The Morgan fingerprint density at radius 3 is 2.32 bits per heavy atom. The van der Waals surface area contributed by atoms with Crippen LogP contribution < -0.4 is 4.74 Å². The molecule has 0 unspecified atom stereocenters. The van der Waals surface area contributed by atoms with Crippen LogP contribution in [0.3, 0.4) is 0 Å². The van der Waals surface area contributed by atoms with Crippen LogP contribution in [-0.4, -0.2) is 12.0 Å². The SMILES string of the molecule is COc1ccc(N=Nc2ccccc2)c([N+](=O)[O-])c1.[Cl][Zn][Cl]. The number of benzene rings is 2. The van der Waals surface area contributed by atoms with E-state index in [-0.39, 0.29) is 11.4 Å². The average Bonchev–Trinajstić information content (AvgIpc) is 2.54. The third-order valence-corrected chi connectivity index (χ3v) is 2.41. The minimum atomic E-state index is -0.931. The second kappa shape index (κ2) is 10.2. The standard InChI is InChI=1S/C13H11N3O3.2ClH.Zn/c1-19-11-7-8-12(13(9-11)16(17)18)15-14-10-5-3-2-4-6-10;;;/h2-9H,1H3;2*1H;/q;;;+2/p-2. The van der Waals surface area contributed by atoms with Crippen LogP contribution in [0.15, 0.2) is 58.8 Å². The summed E-state index contributed by atoms with van der Waals surface area (Å²) in [4.78, 5) is 10.4. The predicted octanol–water partition coefficient (Wildman–Crippen LogP) is 5.40. The van der Waals surface area contributed by atoms with Gasteiger partial charge >= 0.3 is 34.5 Å². The molecule has 0 fully saturated rings. The molecule has 0 aliphatic rings. The second-order valence-corrected chi connectivity index (χ2v) is 8.37. The van der Waals surface area contributed by atoms with Crippen LogP contribution >= 0.6 is 19.4 Å². The van der Waals surface area contributed by atoms with Gasteiger partial charge in [-0.1, -0.05) is 18.2 Å². The van der Waals surface area contributed by atoms with Gasteiger partial charge in [-0.05, 0) is 24.3 Å². The molecule has 0 aliphatic heterocycles. The summed E-state index contributed by atoms with van der Waals surface area (Å²) in [6, 6.07) is 13.4. The van der Waals surface area contributed by atoms with Crippen molar-refractivity contribution in [1.29, 1.82) is 0 Å². The van der Waals surface area contributed by atoms with E-state index in [2.05, 4.69) is 10.2 Å². The molecule has 0 saturated heterocycles. The number of hydrogen-bond acceptors (Lipinski definition) is 5. The van der Waals surface area contributed by atoms with Crippen LogP contribution in [0.4, 0.5) is 17.1 Å². The van der Waals surface area contributed by atoms with Crippen LogP contribution in [-0.2, 0) is 15.1 Å². The average molecular weight is 394 g/mol. The molecule has 0 spiro atoms. The molecular formula is C13H11Cl2N3O3Zn. The molecule has 0 heterocycles. The molecule has 0 N–H and O–H groups in total. The van der Waals surface area contributed by atoms with Gasteiger partial charge in [0.25, 0.3) is 5.69 Å². The van der Waals surface area contributed by atoms with Crippen molar-refractivity contribution in [1.82, 2.24) is 0 Å². The first-order valence-electron chi connectivity index (χ1n) is 6.03. The first-order valence-corrected chi connectivity index (χ1v) is 13.8. The Balaban J connectivity index is 0.000000745. The molecule has 2 rings (SSSR count). The summed E-state index contributed by atoms with van der Waals surface area (Å²) in [5.41, 5.74) is 0.682. The van der Waals surface area contributed by atoms with Gasteiger partial charge in [-0.2, -0.15) is 5.11 Å². The third-order valence-electron chi connectivity index (χ3n) is 2.41. The fourth-order valence-electron chi connectivity index (χ4n) is 1.47. The van der Waals surface area contributed by atoms with E-state index in [9.17, 15) is 10.1 Å². The van der Waals surface area contributed by atoms with Gasteiger partial charge in [0.05, 0.1) is 23.8 Å². The molecule has 6 nitrogen and oxygen atoms in total. The molecule has 112 valence electrons. The Morgan fingerprint density at radius 2 is 1.77 bits per heavy atom. The number of azo groups is 1. The van der Waals surface area contributed by atoms with Gasteiger partial charge in [-0.15, -0.1) is 5.11 Å². The zero-order valence-electron chi connectivity index (χ0n) is 11.6. The molecule has 2 aromatic rings. The number of nitrogens with zero attached hydrogens (tertiary/aromatic N) is 3. The molecule has 22 heavy (non-hydrogen) atoms. The minimum absolute atomic E-state index is 0.140. The van der Waals surface area contributed by atoms with Crippen LogP contribution in [0.2, 0.25) is 0 Å². The number of nitro benzene ring substituents is 1. The summed E-state index contributed by atoms with van der Waals surface area (Å²) in [6.45, 7) is 0. The number of halogens is 2. The molecule has 9 heteroatoms. The molecule has 0 saturated carbocycles. The van der Waals surface area contributed by atoms with Gasteiger partial charge in [-0.25, -0.2) is 0 Å². The van der Waals surface area contributed by atoms with Crippen molar-refractivity contribution in [3.63, 3.8) is 0 Å². The first kappa shape index (κ1) is 18.5.